The zero-order chi connectivity index (χ0) is 13.6. The third kappa shape index (κ3) is 5.19. The van der Waals surface area contributed by atoms with Crippen molar-refractivity contribution < 1.29 is 17.9 Å². The van der Waals surface area contributed by atoms with Crippen LogP contribution < -0.4 is 14.8 Å². The molecule has 0 saturated heterocycles. The fourth-order valence-corrected chi connectivity index (χ4v) is 3.14. The van der Waals surface area contributed by atoms with Crippen molar-refractivity contribution in [1.82, 2.24) is 14.8 Å². The van der Waals surface area contributed by atoms with Crippen molar-refractivity contribution in [2.75, 3.05) is 13.7 Å². The Morgan fingerprint density at radius 2 is 1.78 bits per heavy atom. The molecule has 0 atom stereocenters. The summed E-state index contributed by atoms with van der Waals surface area (Å²) in [7, 11) is -2.70. The van der Waals surface area contributed by atoms with Crippen molar-refractivity contribution in [1.29, 1.82) is 0 Å². The zero-order valence-electron chi connectivity index (χ0n) is 10.7. The summed E-state index contributed by atoms with van der Waals surface area (Å²) in [5.41, 5.74) is 0. The Morgan fingerprint density at radius 3 is 2.28 bits per heavy atom. The fraction of sp³-hybridized carbons (Fsp3) is 0.900. The summed E-state index contributed by atoms with van der Waals surface area (Å²) >= 11 is 0. The van der Waals surface area contributed by atoms with E-state index in [4.69, 9.17) is 0 Å². The Kier molecular flexibility index (Phi) is 5.83. The van der Waals surface area contributed by atoms with Gasteiger partial charge in [0, 0.05) is 12.1 Å². The van der Waals surface area contributed by atoms with Crippen molar-refractivity contribution in [3.8, 4) is 0 Å². The third-order valence-corrected chi connectivity index (χ3v) is 4.02. The van der Waals surface area contributed by atoms with Gasteiger partial charge in [-0.05, 0) is 32.2 Å². The van der Waals surface area contributed by atoms with Crippen LogP contribution in [0.5, 0.6) is 0 Å². The van der Waals surface area contributed by atoms with Gasteiger partial charge in [0.1, 0.15) is 0 Å². The van der Waals surface area contributed by atoms with Gasteiger partial charge in [-0.1, -0.05) is 6.92 Å². The number of carbonyl (C=O) groups is 1. The van der Waals surface area contributed by atoms with Gasteiger partial charge in [-0.2, -0.15) is 13.1 Å². The minimum atomic E-state index is -3.82. The van der Waals surface area contributed by atoms with Crippen molar-refractivity contribution in [2.24, 2.45) is 0 Å². The molecule has 1 saturated carbocycles. The first-order chi connectivity index (χ1) is 8.46. The highest BCUT2D eigenvalue weighted by Gasteiger charge is 2.25. The number of rotatable bonds is 5. The van der Waals surface area contributed by atoms with Gasteiger partial charge in [0.25, 0.3) is 0 Å². The van der Waals surface area contributed by atoms with Crippen LogP contribution in [0.3, 0.4) is 0 Å². The molecular formula is C10H21N3O4S. The maximum atomic E-state index is 11.5. The number of methoxy groups -OCH3 is 1. The minimum Gasteiger partial charge on any atom is -0.452 e. The standard InChI is InChI=1S/C10H21N3O4S/c1-3-11-8-4-6-9(7-5-8)12-18(15,16)13-10(14)17-2/h8-9,11-12H,3-7H2,1-2H3,(H,13,14). The number of hydrogen-bond donors (Lipinski definition) is 3. The van der Waals surface area contributed by atoms with Crippen molar-refractivity contribution in [3.05, 3.63) is 0 Å². The summed E-state index contributed by atoms with van der Waals surface area (Å²) in [5, 5.41) is 3.34. The normalized spacial score (nSPS) is 24.6. The molecular weight excluding hydrogens is 258 g/mol. The topological polar surface area (TPSA) is 96.5 Å². The minimum absolute atomic E-state index is 0.123. The highest BCUT2D eigenvalue weighted by Crippen LogP contribution is 2.18. The molecule has 0 radical (unpaired) electrons. The molecule has 0 aromatic heterocycles. The van der Waals surface area contributed by atoms with E-state index in [2.05, 4.69) is 21.7 Å². The lowest BCUT2D eigenvalue weighted by Gasteiger charge is -2.29. The molecule has 0 heterocycles. The van der Waals surface area contributed by atoms with Gasteiger partial charge in [-0.15, -0.1) is 0 Å². The highest BCUT2D eigenvalue weighted by molar-refractivity contribution is 7.88. The predicted molar refractivity (Wildman–Crippen MR) is 67.3 cm³/mol. The van der Waals surface area contributed by atoms with E-state index in [9.17, 15) is 13.2 Å². The van der Waals surface area contributed by atoms with Crippen LogP contribution in [0.15, 0.2) is 0 Å². The SMILES string of the molecule is CCNC1CCC(NS(=O)(=O)NC(=O)OC)CC1. The molecule has 0 unspecified atom stereocenters. The summed E-state index contributed by atoms with van der Waals surface area (Å²) in [6.07, 6.45) is 2.40. The molecule has 7 nitrogen and oxygen atoms in total. The van der Waals surface area contributed by atoms with Gasteiger partial charge >= 0.3 is 16.3 Å². The average Bonchev–Trinajstić information content (AvgIpc) is 2.31. The van der Waals surface area contributed by atoms with Crippen LogP contribution in [-0.4, -0.2) is 40.2 Å². The number of hydrogen-bond acceptors (Lipinski definition) is 5. The predicted octanol–water partition coefficient (Wildman–Crippen LogP) is 0.0975. The number of amides is 1. The van der Waals surface area contributed by atoms with Gasteiger partial charge in [0.05, 0.1) is 7.11 Å². The smallest absolute Gasteiger partial charge is 0.421 e. The summed E-state index contributed by atoms with van der Waals surface area (Å²) in [6, 6.07) is 0.339. The van der Waals surface area contributed by atoms with Gasteiger partial charge in [-0.3, -0.25) is 0 Å². The molecule has 8 heteroatoms. The molecule has 1 rings (SSSR count). The van der Waals surface area contributed by atoms with Crippen LogP contribution in [0.4, 0.5) is 4.79 Å². The van der Waals surface area contributed by atoms with Crippen LogP contribution in [-0.2, 0) is 14.9 Å². The Balaban J connectivity index is 2.38. The zero-order valence-corrected chi connectivity index (χ0v) is 11.5. The van der Waals surface area contributed by atoms with Crippen molar-refractivity contribution in [2.45, 2.75) is 44.7 Å². The Hall–Kier alpha value is -0.860. The lowest BCUT2D eigenvalue weighted by atomic mass is 9.92. The number of nitrogens with one attached hydrogen (secondary N) is 3. The third-order valence-electron chi connectivity index (χ3n) is 2.94. The highest BCUT2D eigenvalue weighted by atomic mass is 32.2. The van der Waals surface area contributed by atoms with E-state index in [1.807, 2.05) is 0 Å². The molecule has 0 aliphatic heterocycles. The van der Waals surface area contributed by atoms with E-state index in [1.54, 1.807) is 4.72 Å². The summed E-state index contributed by atoms with van der Waals surface area (Å²) in [6.45, 7) is 2.97. The summed E-state index contributed by atoms with van der Waals surface area (Å²) in [4.78, 5) is 10.8. The van der Waals surface area contributed by atoms with Crippen molar-refractivity contribution >= 4 is 16.3 Å². The lowest BCUT2D eigenvalue weighted by Crippen LogP contribution is -2.47. The maximum Gasteiger partial charge on any atom is 0.421 e. The monoisotopic (exact) mass is 279 g/mol. The first-order valence-electron chi connectivity index (χ1n) is 6.08. The van der Waals surface area contributed by atoms with Crippen LogP contribution in [0, 0.1) is 0 Å². The molecule has 3 N–H and O–H groups in total. The second kappa shape index (κ2) is 6.91. The maximum absolute atomic E-state index is 11.5. The van der Waals surface area contributed by atoms with Crippen LogP contribution >= 0.6 is 0 Å². The molecule has 106 valence electrons. The summed E-state index contributed by atoms with van der Waals surface area (Å²) < 4.78 is 31.5. The van der Waals surface area contributed by atoms with Crippen LogP contribution in [0.2, 0.25) is 0 Å². The molecule has 0 spiro atoms. The van der Waals surface area contributed by atoms with Crippen molar-refractivity contribution in [3.63, 3.8) is 0 Å². The van der Waals surface area contributed by atoms with Gasteiger partial charge in [0.15, 0.2) is 0 Å². The lowest BCUT2D eigenvalue weighted by molar-refractivity contribution is 0.177. The van der Waals surface area contributed by atoms with E-state index in [-0.39, 0.29) is 6.04 Å². The largest absolute Gasteiger partial charge is 0.452 e. The van der Waals surface area contributed by atoms with E-state index >= 15 is 0 Å². The van der Waals surface area contributed by atoms with Crippen LogP contribution in [0.1, 0.15) is 32.6 Å². The Labute approximate surface area is 108 Å². The van der Waals surface area contributed by atoms with Crippen LogP contribution in [0.25, 0.3) is 0 Å². The Morgan fingerprint density at radius 1 is 1.22 bits per heavy atom. The van der Waals surface area contributed by atoms with Gasteiger partial charge in [0.2, 0.25) is 0 Å². The van der Waals surface area contributed by atoms with E-state index in [0.717, 1.165) is 39.3 Å². The molecule has 1 fully saturated rings. The van der Waals surface area contributed by atoms with E-state index in [1.165, 1.54) is 0 Å². The van der Waals surface area contributed by atoms with E-state index in [0.29, 0.717) is 6.04 Å². The Bertz CT molecular complexity index is 363. The average molecular weight is 279 g/mol. The first-order valence-corrected chi connectivity index (χ1v) is 7.56. The van der Waals surface area contributed by atoms with Gasteiger partial charge in [-0.25, -0.2) is 9.52 Å². The first kappa shape index (κ1) is 15.2. The molecule has 0 aromatic rings. The molecule has 1 amide bonds. The van der Waals surface area contributed by atoms with Gasteiger partial charge < -0.3 is 10.1 Å². The summed E-state index contributed by atoms with van der Waals surface area (Å²) in [5.74, 6) is 0. The fourth-order valence-electron chi connectivity index (χ4n) is 2.10. The number of carbonyl (C=O) groups excluding carboxylic acids is 1. The molecule has 1 aliphatic rings. The molecule has 0 bridgehead atoms. The second-order valence-corrected chi connectivity index (χ2v) is 5.77. The second-order valence-electron chi connectivity index (χ2n) is 4.32. The number of ether oxygens (including phenoxy) is 1. The molecule has 0 aromatic carbocycles. The van der Waals surface area contributed by atoms with E-state index < -0.39 is 16.3 Å². The molecule has 18 heavy (non-hydrogen) atoms. The quantitative estimate of drug-likeness (QED) is 0.663. The molecule has 1 aliphatic carbocycles.